The average molecular weight is 190 g/mol. The maximum absolute atomic E-state index is 8.91. The van der Waals surface area contributed by atoms with Gasteiger partial charge in [-0.25, -0.2) is 0 Å². The Kier molecular flexibility index (Phi) is 8.40. The molecule has 0 aliphatic carbocycles. The van der Waals surface area contributed by atoms with Crippen LogP contribution < -0.4 is 0 Å². The number of aliphatic hydroxyl groups is 1. The molecule has 3 heteroatoms. The van der Waals surface area contributed by atoms with Crippen LogP contribution in [0.4, 0.5) is 0 Å². The summed E-state index contributed by atoms with van der Waals surface area (Å²) in [5.41, 5.74) is 0. The minimum absolute atomic E-state index is 0.130. The molecule has 0 rings (SSSR count). The summed E-state index contributed by atoms with van der Waals surface area (Å²) in [5.74, 6) is 0. The van der Waals surface area contributed by atoms with E-state index in [1.807, 2.05) is 6.92 Å². The molecule has 0 bridgehead atoms. The van der Waals surface area contributed by atoms with Gasteiger partial charge in [0.2, 0.25) is 0 Å². The van der Waals surface area contributed by atoms with Crippen molar-refractivity contribution in [3.8, 4) is 0 Å². The Morgan fingerprint density at radius 1 is 1.23 bits per heavy atom. The first-order valence-corrected chi connectivity index (χ1v) is 5.04. The second-order valence-electron chi connectivity index (χ2n) is 3.42. The summed E-state index contributed by atoms with van der Waals surface area (Å²) >= 11 is 0. The Balaban J connectivity index is 3.15. The Morgan fingerprint density at radius 2 is 1.92 bits per heavy atom. The predicted molar refractivity (Wildman–Crippen MR) is 52.8 cm³/mol. The van der Waals surface area contributed by atoms with E-state index in [9.17, 15) is 0 Å². The summed E-state index contributed by atoms with van der Waals surface area (Å²) in [6.45, 7) is 7.59. The molecule has 80 valence electrons. The summed E-state index contributed by atoms with van der Waals surface area (Å²) in [7, 11) is 0. The smallest absolute Gasteiger partial charge is 0.0780 e. The maximum atomic E-state index is 8.91. The summed E-state index contributed by atoms with van der Waals surface area (Å²) in [6.07, 6.45) is 2.00. The van der Waals surface area contributed by atoms with Crippen LogP contribution in [0.1, 0.15) is 33.6 Å². The number of ether oxygens (including phenoxy) is 2. The fourth-order valence-corrected chi connectivity index (χ4v) is 0.882. The van der Waals surface area contributed by atoms with Gasteiger partial charge in [-0.1, -0.05) is 13.3 Å². The molecule has 1 N–H and O–H groups in total. The van der Waals surface area contributed by atoms with Gasteiger partial charge in [-0.2, -0.15) is 0 Å². The van der Waals surface area contributed by atoms with E-state index in [1.165, 1.54) is 0 Å². The number of aliphatic hydroxyl groups excluding tert-OH is 1. The van der Waals surface area contributed by atoms with Crippen molar-refractivity contribution in [1.82, 2.24) is 0 Å². The van der Waals surface area contributed by atoms with Gasteiger partial charge in [-0.05, 0) is 20.3 Å². The van der Waals surface area contributed by atoms with Gasteiger partial charge in [0.05, 0.1) is 25.4 Å². The zero-order valence-electron chi connectivity index (χ0n) is 8.95. The minimum Gasteiger partial charge on any atom is -0.391 e. The molecule has 0 spiro atoms. The molecule has 0 saturated heterocycles. The lowest BCUT2D eigenvalue weighted by Gasteiger charge is -2.13. The molecule has 0 unspecified atom stereocenters. The number of hydrogen-bond donors (Lipinski definition) is 1. The third-order valence-corrected chi connectivity index (χ3v) is 1.61. The van der Waals surface area contributed by atoms with Crippen molar-refractivity contribution in [2.75, 3.05) is 19.8 Å². The Labute approximate surface area is 81.0 Å². The lowest BCUT2D eigenvalue weighted by atomic mass is 10.3. The Hall–Kier alpha value is -0.120. The van der Waals surface area contributed by atoms with Crippen LogP contribution in [0.15, 0.2) is 0 Å². The zero-order chi connectivity index (χ0) is 10.1. The average Bonchev–Trinajstić information content (AvgIpc) is 2.04. The molecule has 0 aromatic rings. The third kappa shape index (κ3) is 9.80. The minimum atomic E-state index is -0.386. The van der Waals surface area contributed by atoms with E-state index >= 15 is 0 Å². The van der Waals surface area contributed by atoms with E-state index in [4.69, 9.17) is 14.6 Å². The van der Waals surface area contributed by atoms with Crippen LogP contribution >= 0.6 is 0 Å². The first kappa shape index (κ1) is 12.9. The van der Waals surface area contributed by atoms with Crippen molar-refractivity contribution in [3.05, 3.63) is 0 Å². The van der Waals surface area contributed by atoms with Gasteiger partial charge in [0.25, 0.3) is 0 Å². The van der Waals surface area contributed by atoms with Crippen molar-refractivity contribution in [2.45, 2.75) is 45.8 Å². The van der Waals surface area contributed by atoms with E-state index < -0.39 is 0 Å². The van der Waals surface area contributed by atoms with Crippen molar-refractivity contribution in [2.24, 2.45) is 0 Å². The van der Waals surface area contributed by atoms with Gasteiger partial charge in [0.15, 0.2) is 0 Å². The molecule has 0 fully saturated rings. The van der Waals surface area contributed by atoms with Gasteiger partial charge in [-0.15, -0.1) is 0 Å². The quantitative estimate of drug-likeness (QED) is 0.591. The van der Waals surface area contributed by atoms with Crippen LogP contribution in [0.5, 0.6) is 0 Å². The van der Waals surface area contributed by atoms with Crippen LogP contribution in [0.3, 0.4) is 0 Å². The molecule has 0 aromatic heterocycles. The topological polar surface area (TPSA) is 38.7 Å². The van der Waals surface area contributed by atoms with Gasteiger partial charge < -0.3 is 14.6 Å². The molecule has 0 aromatic carbocycles. The second kappa shape index (κ2) is 8.48. The molecule has 3 nitrogen and oxygen atoms in total. The maximum Gasteiger partial charge on any atom is 0.0780 e. The van der Waals surface area contributed by atoms with Crippen molar-refractivity contribution < 1.29 is 14.6 Å². The predicted octanol–water partition coefficient (Wildman–Crippen LogP) is 1.59. The largest absolute Gasteiger partial charge is 0.391 e. The van der Waals surface area contributed by atoms with Gasteiger partial charge in [0, 0.05) is 6.61 Å². The van der Waals surface area contributed by atoms with Crippen molar-refractivity contribution in [1.29, 1.82) is 0 Å². The standard InChI is InChI=1S/C10H22O3/c1-4-5-6-13-10(3)8-12-7-9(2)11/h9-11H,4-8H2,1-3H3/t9-,10+/m1/s1. The second-order valence-corrected chi connectivity index (χ2v) is 3.42. The number of hydrogen-bond acceptors (Lipinski definition) is 3. The highest BCUT2D eigenvalue weighted by molar-refractivity contribution is 4.49. The Bertz CT molecular complexity index is 104. The van der Waals surface area contributed by atoms with E-state index in [-0.39, 0.29) is 12.2 Å². The molecule has 0 saturated carbocycles. The summed E-state index contributed by atoms with van der Waals surface area (Å²) in [5, 5.41) is 8.91. The van der Waals surface area contributed by atoms with Crippen LogP contribution in [0.25, 0.3) is 0 Å². The zero-order valence-corrected chi connectivity index (χ0v) is 8.95. The van der Waals surface area contributed by atoms with Crippen LogP contribution in [0.2, 0.25) is 0 Å². The molecule has 13 heavy (non-hydrogen) atoms. The highest BCUT2D eigenvalue weighted by Crippen LogP contribution is 1.96. The molecule has 0 radical (unpaired) electrons. The van der Waals surface area contributed by atoms with Gasteiger partial charge >= 0.3 is 0 Å². The van der Waals surface area contributed by atoms with Crippen LogP contribution in [0, 0.1) is 0 Å². The number of unbranched alkanes of at least 4 members (excludes halogenated alkanes) is 1. The number of rotatable bonds is 8. The SMILES string of the molecule is CCCCO[C@@H](C)COC[C@@H](C)O. The fraction of sp³-hybridized carbons (Fsp3) is 1.00. The highest BCUT2D eigenvalue weighted by Gasteiger charge is 2.02. The fourth-order valence-electron chi connectivity index (χ4n) is 0.882. The lowest BCUT2D eigenvalue weighted by Crippen LogP contribution is -2.20. The summed E-state index contributed by atoms with van der Waals surface area (Å²) < 4.78 is 10.7. The summed E-state index contributed by atoms with van der Waals surface area (Å²) in [6, 6.07) is 0. The molecule has 0 aliphatic rings. The first-order valence-electron chi connectivity index (χ1n) is 5.04. The molecule has 0 heterocycles. The molecule has 0 aliphatic heterocycles. The monoisotopic (exact) mass is 190 g/mol. The summed E-state index contributed by atoms with van der Waals surface area (Å²) in [4.78, 5) is 0. The van der Waals surface area contributed by atoms with Gasteiger partial charge in [-0.3, -0.25) is 0 Å². The van der Waals surface area contributed by atoms with Crippen LogP contribution in [-0.4, -0.2) is 37.1 Å². The molecule has 0 amide bonds. The highest BCUT2D eigenvalue weighted by atomic mass is 16.5. The van der Waals surface area contributed by atoms with E-state index in [1.54, 1.807) is 6.92 Å². The van der Waals surface area contributed by atoms with Gasteiger partial charge in [0.1, 0.15) is 0 Å². The first-order chi connectivity index (χ1) is 6.16. The van der Waals surface area contributed by atoms with Crippen molar-refractivity contribution >= 4 is 0 Å². The van der Waals surface area contributed by atoms with Crippen molar-refractivity contribution in [3.63, 3.8) is 0 Å². The molecular formula is C10H22O3. The Morgan fingerprint density at radius 3 is 2.46 bits per heavy atom. The van der Waals surface area contributed by atoms with E-state index in [0.29, 0.717) is 13.2 Å². The molecule has 2 atom stereocenters. The third-order valence-electron chi connectivity index (χ3n) is 1.61. The molecular weight excluding hydrogens is 168 g/mol. The normalized spacial score (nSPS) is 15.7. The van der Waals surface area contributed by atoms with E-state index in [2.05, 4.69) is 6.92 Å². The lowest BCUT2D eigenvalue weighted by molar-refractivity contribution is -0.0288. The van der Waals surface area contributed by atoms with E-state index in [0.717, 1.165) is 19.4 Å². The van der Waals surface area contributed by atoms with Crippen LogP contribution in [-0.2, 0) is 9.47 Å².